The van der Waals surface area contributed by atoms with Crippen LogP contribution in [0.3, 0.4) is 0 Å². The quantitative estimate of drug-likeness (QED) is 0.700. The summed E-state index contributed by atoms with van der Waals surface area (Å²) in [5.74, 6) is -0.290. The number of hydrogen-bond acceptors (Lipinski definition) is 5. The molecular weight excluding hydrogens is 212 g/mol. The largest absolute Gasteiger partial charge is 0.372 e. The maximum Gasteiger partial charge on any atom is 0.163 e. The zero-order valence-electron chi connectivity index (χ0n) is 9.59. The summed E-state index contributed by atoms with van der Waals surface area (Å²) < 4.78 is 22.4. The zero-order valence-corrected chi connectivity index (χ0v) is 9.59. The number of ether oxygens (including phenoxy) is 4. The molecule has 0 aromatic heterocycles. The van der Waals surface area contributed by atoms with Crippen LogP contribution in [0.4, 0.5) is 0 Å². The van der Waals surface area contributed by atoms with Crippen molar-refractivity contribution in [2.45, 2.75) is 50.7 Å². The molecule has 0 aromatic carbocycles. The molecule has 5 atom stereocenters. The van der Waals surface area contributed by atoms with Gasteiger partial charge in [-0.3, -0.25) is 0 Å². The highest BCUT2D eigenvalue weighted by atomic mass is 16.8. The van der Waals surface area contributed by atoms with E-state index in [0.29, 0.717) is 19.6 Å². The first-order valence-electron chi connectivity index (χ1n) is 5.82. The Hall–Kier alpha value is -0.200. The van der Waals surface area contributed by atoms with Crippen LogP contribution >= 0.6 is 0 Å². The molecule has 0 radical (unpaired) electrons. The van der Waals surface area contributed by atoms with Crippen molar-refractivity contribution < 1.29 is 24.1 Å². The van der Waals surface area contributed by atoms with E-state index in [1.807, 2.05) is 13.8 Å². The minimum absolute atomic E-state index is 0.0103. The molecule has 1 N–H and O–H groups in total. The van der Waals surface area contributed by atoms with Gasteiger partial charge in [-0.1, -0.05) is 0 Å². The summed E-state index contributed by atoms with van der Waals surface area (Å²) in [6.07, 6.45) is -0.0396. The summed E-state index contributed by atoms with van der Waals surface area (Å²) in [5.41, 5.74) is 0. The molecule has 0 aliphatic carbocycles. The van der Waals surface area contributed by atoms with Crippen molar-refractivity contribution in [3.05, 3.63) is 0 Å². The van der Waals surface area contributed by atoms with Crippen LogP contribution in [0.15, 0.2) is 0 Å². The van der Waals surface area contributed by atoms with Gasteiger partial charge in [0.15, 0.2) is 12.1 Å². The normalized spacial score (nSPS) is 50.8. The molecular formula is C11H18O5. The van der Waals surface area contributed by atoms with Gasteiger partial charge in [0, 0.05) is 12.3 Å². The lowest BCUT2D eigenvalue weighted by molar-refractivity contribution is -0.156. The van der Waals surface area contributed by atoms with Crippen molar-refractivity contribution in [1.82, 2.24) is 0 Å². The van der Waals surface area contributed by atoms with E-state index < -0.39 is 12.1 Å². The van der Waals surface area contributed by atoms with Crippen LogP contribution in [0, 0.1) is 5.92 Å². The van der Waals surface area contributed by atoms with E-state index in [2.05, 4.69) is 0 Å². The highest BCUT2D eigenvalue weighted by Crippen LogP contribution is 2.39. The van der Waals surface area contributed by atoms with E-state index in [4.69, 9.17) is 18.9 Å². The molecule has 0 amide bonds. The van der Waals surface area contributed by atoms with Gasteiger partial charge in [-0.25, -0.2) is 0 Å². The van der Waals surface area contributed by atoms with E-state index in [1.54, 1.807) is 0 Å². The number of rotatable bonds is 1. The average molecular weight is 230 g/mol. The molecule has 16 heavy (non-hydrogen) atoms. The summed E-state index contributed by atoms with van der Waals surface area (Å²) >= 11 is 0. The Morgan fingerprint density at radius 1 is 1.19 bits per heavy atom. The molecule has 5 unspecified atom stereocenters. The van der Waals surface area contributed by atoms with Crippen molar-refractivity contribution in [3.8, 4) is 0 Å². The van der Waals surface area contributed by atoms with Crippen molar-refractivity contribution in [2.75, 3.05) is 13.2 Å². The summed E-state index contributed by atoms with van der Waals surface area (Å²) in [7, 11) is 0. The molecule has 0 saturated carbocycles. The molecule has 3 heterocycles. The number of hydrogen-bond donors (Lipinski definition) is 1. The van der Waals surface area contributed by atoms with Crippen molar-refractivity contribution in [3.63, 3.8) is 0 Å². The summed E-state index contributed by atoms with van der Waals surface area (Å²) in [6, 6.07) is 0. The lowest BCUT2D eigenvalue weighted by Gasteiger charge is -2.23. The Bertz CT molecular complexity index is 280. The van der Waals surface area contributed by atoms with Crippen molar-refractivity contribution in [1.29, 1.82) is 0 Å². The molecule has 92 valence electrons. The topological polar surface area (TPSA) is 57.2 Å². The van der Waals surface area contributed by atoms with Crippen LogP contribution in [0.2, 0.25) is 0 Å². The first-order chi connectivity index (χ1) is 7.55. The van der Waals surface area contributed by atoms with Crippen LogP contribution in [-0.4, -0.2) is 48.7 Å². The minimum Gasteiger partial charge on any atom is -0.372 e. The third kappa shape index (κ3) is 1.76. The third-order valence-corrected chi connectivity index (χ3v) is 3.55. The van der Waals surface area contributed by atoms with Gasteiger partial charge in [0.25, 0.3) is 0 Å². The minimum atomic E-state index is -0.642. The summed E-state index contributed by atoms with van der Waals surface area (Å²) in [4.78, 5) is 0. The van der Waals surface area contributed by atoms with Gasteiger partial charge in [-0.05, 0) is 13.8 Å². The van der Waals surface area contributed by atoms with E-state index >= 15 is 0 Å². The standard InChI is InChI=1S/C11H18O5/c1-11(2)14-5-8(16-11)10-6-3-9(12)15-7(6)4-13-10/h6-10,12H,3-5H2,1-2H3. The first-order valence-corrected chi connectivity index (χ1v) is 5.82. The second-order valence-corrected chi connectivity index (χ2v) is 5.19. The molecule has 0 aromatic rings. The van der Waals surface area contributed by atoms with Crippen molar-refractivity contribution in [2.24, 2.45) is 5.92 Å². The number of aliphatic hydroxyl groups excluding tert-OH is 1. The van der Waals surface area contributed by atoms with Crippen LogP contribution in [0.1, 0.15) is 20.3 Å². The second-order valence-electron chi connectivity index (χ2n) is 5.19. The van der Waals surface area contributed by atoms with Gasteiger partial charge in [0.05, 0.1) is 25.4 Å². The Balaban J connectivity index is 1.68. The summed E-state index contributed by atoms with van der Waals surface area (Å²) in [6.45, 7) is 4.91. The average Bonchev–Trinajstić information content (AvgIpc) is 2.79. The molecule has 3 saturated heterocycles. The number of fused-ring (bicyclic) bond motifs is 1. The second kappa shape index (κ2) is 3.65. The molecule has 0 bridgehead atoms. The zero-order chi connectivity index (χ0) is 11.3. The predicted molar refractivity (Wildman–Crippen MR) is 53.6 cm³/mol. The van der Waals surface area contributed by atoms with Crippen LogP contribution < -0.4 is 0 Å². The smallest absolute Gasteiger partial charge is 0.163 e. The molecule has 0 spiro atoms. The molecule has 3 aliphatic rings. The maximum atomic E-state index is 9.45. The van der Waals surface area contributed by atoms with E-state index in [1.165, 1.54) is 0 Å². The highest BCUT2D eigenvalue weighted by molar-refractivity contribution is 4.95. The van der Waals surface area contributed by atoms with E-state index in [-0.39, 0.29) is 24.2 Å². The van der Waals surface area contributed by atoms with Crippen LogP contribution in [0.25, 0.3) is 0 Å². The highest BCUT2D eigenvalue weighted by Gasteiger charge is 2.51. The third-order valence-electron chi connectivity index (χ3n) is 3.55. The van der Waals surface area contributed by atoms with Gasteiger partial charge in [-0.2, -0.15) is 0 Å². The lowest BCUT2D eigenvalue weighted by atomic mass is 9.94. The van der Waals surface area contributed by atoms with Crippen LogP contribution in [-0.2, 0) is 18.9 Å². The monoisotopic (exact) mass is 230 g/mol. The predicted octanol–water partition coefficient (Wildman–Crippen LogP) is 0.260. The number of aliphatic hydroxyl groups is 1. The van der Waals surface area contributed by atoms with Crippen LogP contribution in [0.5, 0.6) is 0 Å². The maximum absolute atomic E-state index is 9.45. The Labute approximate surface area is 94.6 Å². The molecule has 3 rings (SSSR count). The molecule has 5 heteroatoms. The lowest BCUT2D eigenvalue weighted by Crippen LogP contribution is -2.35. The SMILES string of the molecule is CC1(C)OCC(C2OCC3OC(O)CC32)O1. The molecule has 3 fully saturated rings. The van der Waals surface area contributed by atoms with Gasteiger partial charge in [-0.15, -0.1) is 0 Å². The van der Waals surface area contributed by atoms with Crippen molar-refractivity contribution >= 4 is 0 Å². The van der Waals surface area contributed by atoms with Gasteiger partial charge in [0.1, 0.15) is 6.10 Å². The molecule has 5 nitrogen and oxygen atoms in total. The first kappa shape index (κ1) is 10.9. The van der Waals surface area contributed by atoms with Gasteiger partial charge >= 0.3 is 0 Å². The van der Waals surface area contributed by atoms with E-state index in [0.717, 1.165) is 0 Å². The van der Waals surface area contributed by atoms with Gasteiger partial charge < -0.3 is 24.1 Å². The Morgan fingerprint density at radius 3 is 2.69 bits per heavy atom. The van der Waals surface area contributed by atoms with E-state index in [9.17, 15) is 5.11 Å². The Kier molecular flexibility index (Phi) is 2.49. The summed E-state index contributed by atoms with van der Waals surface area (Å²) in [5, 5.41) is 9.45. The molecule has 3 aliphatic heterocycles. The fourth-order valence-electron chi connectivity index (χ4n) is 2.84. The fourth-order valence-corrected chi connectivity index (χ4v) is 2.84. The van der Waals surface area contributed by atoms with Gasteiger partial charge in [0.2, 0.25) is 0 Å². The Morgan fingerprint density at radius 2 is 2.00 bits per heavy atom. The fraction of sp³-hybridized carbons (Fsp3) is 1.00.